The van der Waals surface area contributed by atoms with E-state index in [1.54, 1.807) is 19.2 Å². The summed E-state index contributed by atoms with van der Waals surface area (Å²) >= 11 is 11.8. The van der Waals surface area contributed by atoms with Gasteiger partial charge in [-0.1, -0.05) is 23.2 Å². The van der Waals surface area contributed by atoms with Gasteiger partial charge in [0.15, 0.2) is 0 Å². The van der Waals surface area contributed by atoms with E-state index in [0.717, 1.165) is 0 Å². The number of methoxy groups -OCH3 is 1. The Balaban J connectivity index is 2.81. The van der Waals surface area contributed by atoms with Crippen molar-refractivity contribution >= 4 is 34.6 Å². The number of ether oxygens (including phenoxy) is 1. The number of nitrogens with two attached hydrogens (primary N) is 1. The predicted molar refractivity (Wildman–Crippen MR) is 71.9 cm³/mol. The number of rotatable bonds is 6. The smallest absolute Gasteiger partial charge is 0.0664 e. The summed E-state index contributed by atoms with van der Waals surface area (Å²) in [6, 6.07) is 3.23. The van der Waals surface area contributed by atoms with E-state index in [1.165, 1.54) is 0 Å². The molecule has 0 spiro atoms. The molecule has 4 N–H and O–H groups in total. The fourth-order valence-electron chi connectivity index (χ4n) is 1.46. The average molecular weight is 279 g/mol. The SMILES string of the molecule is COCC(CCO)Nc1cc(Cl)c(Cl)cc1N. The lowest BCUT2D eigenvalue weighted by Crippen LogP contribution is -2.26. The third-order valence-electron chi connectivity index (χ3n) is 2.30. The number of nitrogen functional groups attached to an aromatic ring is 1. The van der Waals surface area contributed by atoms with Crippen LogP contribution in [0.25, 0.3) is 0 Å². The molecule has 1 rings (SSSR count). The summed E-state index contributed by atoms with van der Waals surface area (Å²) in [5.41, 5.74) is 7.02. The van der Waals surface area contributed by atoms with Crippen LogP contribution in [0.3, 0.4) is 0 Å². The zero-order valence-electron chi connectivity index (χ0n) is 9.54. The van der Waals surface area contributed by atoms with E-state index in [9.17, 15) is 0 Å². The van der Waals surface area contributed by atoms with E-state index in [0.29, 0.717) is 34.4 Å². The number of halogens is 2. The summed E-state index contributed by atoms with van der Waals surface area (Å²) in [5, 5.41) is 13.0. The molecule has 0 amide bonds. The first-order valence-corrected chi connectivity index (χ1v) is 5.95. The van der Waals surface area contributed by atoms with Gasteiger partial charge in [-0.05, 0) is 18.6 Å². The maximum Gasteiger partial charge on any atom is 0.0664 e. The quantitative estimate of drug-likeness (QED) is 0.699. The van der Waals surface area contributed by atoms with Crippen LogP contribution in [0.15, 0.2) is 12.1 Å². The van der Waals surface area contributed by atoms with Crippen LogP contribution in [0.5, 0.6) is 0 Å². The minimum absolute atomic E-state index is 0.0236. The maximum absolute atomic E-state index is 8.94. The average Bonchev–Trinajstić information content (AvgIpc) is 2.26. The molecule has 0 saturated heterocycles. The number of aliphatic hydroxyl groups excluding tert-OH is 1. The Bertz CT molecular complexity index is 369. The fraction of sp³-hybridized carbons (Fsp3) is 0.455. The van der Waals surface area contributed by atoms with Crippen molar-refractivity contribution in [2.24, 2.45) is 0 Å². The van der Waals surface area contributed by atoms with Gasteiger partial charge in [-0.3, -0.25) is 0 Å². The first kappa shape index (κ1) is 14.4. The van der Waals surface area contributed by atoms with Gasteiger partial charge < -0.3 is 20.9 Å². The minimum atomic E-state index is -0.0236. The first-order chi connectivity index (χ1) is 8.08. The van der Waals surface area contributed by atoms with Crippen molar-refractivity contribution in [3.8, 4) is 0 Å². The Morgan fingerprint density at radius 3 is 2.65 bits per heavy atom. The normalized spacial score (nSPS) is 12.5. The van der Waals surface area contributed by atoms with E-state index in [4.69, 9.17) is 38.8 Å². The summed E-state index contributed by atoms with van der Waals surface area (Å²) in [6.45, 7) is 0.544. The summed E-state index contributed by atoms with van der Waals surface area (Å²) in [4.78, 5) is 0. The van der Waals surface area contributed by atoms with Crippen molar-refractivity contribution in [2.45, 2.75) is 12.5 Å². The predicted octanol–water partition coefficient (Wildman–Crippen LogP) is 2.38. The van der Waals surface area contributed by atoms with Crippen molar-refractivity contribution in [3.05, 3.63) is 22.2 Å². The van der Waals surface area contributed by atoms with Gasteiger partial charge in [-0.25, -0.2) is 0 Å². The maximum atomic E-state index is 8.94. The monoisotopic (exact) mass is 278 g/mol. The topological polar surface area (TPSA) is 67.5 Å². The molecule has 0 aliphatic rings. The minimum Gasteiger partial charge on any atom is -0.397 e. The summed E-state index contributed by atoms with van der Waals surface area (Å²) in [7, 11) is 1.60. The largest absolute Gasteiger partial charge is 0.397 e. The second-order valence-corrected chi connectivity index (χ2v) is 4.48. The molecule has 0 radical (unpaired) electrons. The van der Waals surface area contributed by atoms with E-state index < -0.39 is 0 Å². The van der Waals surface area contributed by atoms with E-state index in [-0.39, 0.29) is 12.6 Å². The van der Waals surface area contributed by atoms with Gasteiger partial charge in [0.05, 0.1) is 34.1 Å². The van der Waals surface area contributed by atoms with Gasteiger partial charge in [-0.15, -0.1) is 0 Å². The summed E-state index contributed by atoms with van der Waals surface area (Å²) in [5.74, 6) is 0. The van der Waals surface area contributed by atoms with Gasteiger partial charge in [0.25, 0.3) is 0 Å². The van der Waals surface area contributed by atoms with Gasteiger partial charge in [0.1, 0.15) is 0 Å². The Labute approximate surface area is 111 Å². The number of hydrogen-bond donors (Lipinski definition) is 3. The molecule has 0 bridgehead atoms. The Morgan fingerprint density at radius 2 is 2.06 bits per heavy atom. The van der Waals surface area contributed by atoms with Crippen LogP contribution in [-0.2, 0) is 4.74 Å². The molecular formula is C11H16Cl2N2O2. The highest BCUT2D eigenvalue weighted by molar-refractivity contribution is 6.42. The van der Waals surface area contributed by atoms with Gasteiger partial charge >= 0.3 is 0 Å². The zero-order chi connectivity index (χ0) is 12.8. The van der Waals surface area contributed by atoms with Crippen LogP contribution in [-0.4, -0.2) is 31.5 Å². The van der Waals surface area contributed by atoms with Crippen molar-refractivity contribution in [3.63, 3.8) is 0 Å². The molecule has 0 aliphatic carbocycles. The molecule has 0 aliphatic heterocycles. The molecule has 1 unspecified atom stereocenters. The molecule has 0 saturated carbocycles. The molecule has 0 fully saturated rings. The Hall–Kier alpha value is -0.680. The van der Waals surface area contributed by atoms with Crippen LogP contribution in [0, 0.1) is 0 Å². The molecule has 96 valence electrons. The number of aliphatic hydroxyl groups is 1. The number of anilines is 2. The summed E-state index contributed by atoms with van der Waals surface area (Å²) in [6.07, 6.45) is 0.563. The lowest BCUT2D eigenvalue weighted by Gasteiger charge is -2.19. The number of benzene rings is 1. The van der Waals surface area contributed by atoms with Crippen molar-refractivity contribution in [1.29, 1.82) is 0 Å². The van der Waals surface area contributed by atoms with Crippen molar-refractivity contribution < 1.29 is 9.84 Å². The second kappa shape index (κ2) is 6.91. The van der Waals surface area contributed by atoms with Crippen LogP contribution < -0.4 is 11.1 Å². The van der Waals surface area contributed by atoms with Gasteiger partial charge in [0, 0.05) is 13.7 Å². The van der Waals surface area contributed by atoms with Crippen molar-refractivity contribution in [2.75, 3.05) is 31.4 Å². The van der Waals surface area contributed by atoms with Crippen LogP contribution in [0.4, 0.5) is 11.4 Å². The van der Waals surface area contributed by atoms with E-state index in [1.807, 2.05) is 0 Å². The van der Waals surface area contributed by atoms with Crippen LogP contribution >= 0.6 is 23.2 Å². The first-order valence-electron chi connectivity index (χ1n) is 5.19. The van der Waals surface area contributed by atoms with E-state index in [2.05, 4.69) is 5.32 Å². The summed E-state index contributed by atoms with van der Waals surface area (Å²) < 4.78 is 5.05. The molecule has 0 aromatic heterocycles. The third-order valence-corrected chi connectivity index (χ3v) is 3.02. The highest BCUT2D eigenvalue weighted by Crippen LogP contribution is 2.31. The lowest BCUT2D eigenvalue weighted by molar-refractivity contribution is 0.170. The Kier molecular flexibility index (Phi) is 5.85. The molecule has 1 aromatic carbocycles. The Morgan fingerprint density at radius 1 is 1.41 bits per heavy atom. The highest BCUT2D eigenvalue weighted by Gasteiger charge is 2.11. The van der Waals surface area contributed by atoms with Crippen molar-refractivity contribution in [1.82, 2.24) is 0 Å². The fourth-order valence-corrected chi connectivity index (χ4v) is 1.80. The van der Waals surface area contributed by atoms with E-state index >= 15 is 0 Å². The number of nitrogens with one attached hydrogen (secondary N) is 1. The molecule has 1 aromatic rings. The van der Waals surface area contributed by atoms with Gasteiger partial charge in [-0.2, -0.15) is 0 Å². The molecule has 0 heterocycles. The molecule has 4 nitrogen and oxygen atoms in total. The lowest BCUT2D eigenvalue weighted by atomic mass is 10.2. The van der Waals surface area contributed by atoms with Crippen LogP contribution in [0.2, 0.25) is 10.0 Å². The van der Waals surface area contributed by atoms with Crippen LogP contribution in [0.1, 0.15) is 6.42 Å². The third kappa shape index (κ3) is 4.24. The molecule has 17 heavy (non-hydrogen) atoms. The molecule has 1 atom stereocenters. The molecular weight excluding hydrogens is 263 g/mol. The van der Waals surface area contributed by atoms with Gasteiger partial charge in [0.2, 0.25) is 0 Å². The second-order valence-electron chi connectivity index (χ2n) is 3.66. The molecule has 6 heteroatoms. The standard InChI is InChI=1S/C11H16Cl2N2O2/c1-17-6-7(2-3-16)15-11-5-9(13)8(12)4-10(11)14/h4-5,7,15-16H,2-3,6,14H2,1H3. The highest BCUT2D eigenvalue weighted by atomic mass is 35.5. The number of hydrogen-bond acceptors (Lipinski definition) is 4. The zero-order valence-corrected chi connectivity index (χ0v) is 11.1.